The Morgan fingerprint density at radius 2 is 2.24 bits per heavy atom. The summed E-state index contributed by atoms with van der Waals surface area (Å²) in [6, 6.07) is 7.42. The molecule has 0 unspecified atom stereocenters. The molecule has 0 bridgehead atoms. The number of H-pyrrole nitrogens is 1. The third-order valence-electron chi connectivity index (χ3n) is 4.74. The average Bonchev–Trinajstić information content (AvgIpc) is 2.99. The Hall–Kier alpha value is -1.96. The number of benzene rings is 1. The molecule has 0 fully saturated rings. The summed E-state index contributed by atoms with van der Waals surface area (Å²) in [6.07, 6.45) is 0.904. The number of thiophene rings is 1. The van der Waals surface area contributed by atoms with Crippen molar-refractivity contribution < 1.29 is 4.74 Å². The smallest absolute Gasteiger partial charge is 0.267 e. The van der Waals surface area contributed by atoms with Gasteiger partial charge in [-0.1, -0.05) is 13.0 Å². The molecule has 3 heterocycles. The van der Waals surface area contributed by atoms with Crippen LogP contribution in [0.1, 0.15) is 17.4 Å². The molecular weight excluding hydrogens is 354 g/mol. The van der Waals surface area contributed by atoms with Crippen molar-refractivity contribution in [2.45, 2.75) is 19.9 Å². The highest BCUT2D eigenvalue weighted by molar-refractivity contribution is 7.71. The molecule has 0 aliphatic carbocycles. The number of likely N-dealkylation sites (N-methyl/N-ethyl adjacent to an activating group) is 1. The number of aromatic nitrogens is 2. The first-order valence-corrected chi connectivity index (χ1v) is 9.51. The van der Waals surface area contributed by atoms with Crippen molar-refractivity contribution >= 4 is 33.8 Å². The fourth-order valence-electron chi connectivity index (χ4n) is 3.38. The van der Waals surface area contributed by atoms with Crippen molar-refractivity contribution in [3.05, 3.63) is 49.8 Å². The number of ether oxygens (including phenoxy) is 1. The van der Waals surface area contributed by atoms with E-state index in [1.807, 2.05) is 24.3 Å². The summed E-state index contributed by atoms with van der Waals surface area (Å²) in [6.45, 7) is 5.09. The summed E-state index contributed by atoms with van der Waals surface area (Å²) in [5.74, 6) is 0.699. The number of nitrogens with one attached hydrogen (secondary N) is 1. The molecule has 130 valence electrons. The fourth-order valence-corrected chi connectivity index (χ4v) is 5.02. The molecule has 25 heavy (non-hydrogen) atoms. The molecule has 2 aromatic heterocycles. The lowest BCUT2D eigenvalue weighted by atomic mass is 10.1. The first kappa shape index (κ1) is 16.5. The number of nitrogens with zero attached hydrogens (tertiary/aromatic N) is 2. The number of aromatic amines is 1. The Bertz CT molecular complexity index is 1060. The van der Waals surface area contributed by atoms with Gasteiger partial charge in [0.25, 0.3) is 5.56 Å². The van der Waals surface area contributed by atoms with Crippen LogP contribution < -0.4 is 10.3 Å². The largest absolute Gasteiger partial charge is 0.497 e. The first-order valence-electron chi connectivity index (χ1n) is 8.28. The Kier molecular flexibility index (Phi) is 4.23. The van der Waals surface area contributed by atoms with Gasteiger partial charge in [0, 0.05) is 24.0 Å². The van der Waals surface area contributed by atoms with E-state index in [-0.39, 0.29) is 5.56 Å². The normalized spacial score (nSPS) is 14.6. The van der Waals surface area contributed by atoms with E-state index in [9.17, 15) is 4.79 Å². The van der Waals surface area contributed by atoms with Gasteiger partial charge in [-0.15, -0.1) is 11.3 Å². The van der Waals surface area contributed by atoms with E-state index in [2.05, 4.69) is 16.8 Å². The van der Waals surface area contributed by atoms with Crippen LogP contribution in [0.15, 0.2) is 29.1 Å². The maximum absolute atomic E-state index is 13.3. The molecule has 0 spiro atoms. The van der Waals surface area contributed by atoms with Gasteiger partial charge in [0.1, 0.15) is 10.6 Å². The maximum Gasteiger partial charge on any atom is 0.267 e. The third-order valence-corrected chi connectivity index (χ3v) is 6.15. The molecule has 4 rings (SSSR count). The zero-order chi connectivity index (χ0) is 17.6. The molecule has 0 amide bonds. The molecule has 1 N–H and O–H groups in total. The van der Waals surface area contributed by atoms with Crippen LogP contribution in [0.25, 0.3) is 15.9 Å². The average molecular weight is 374 g/mol. The minimum atomic E-state index is -0.0468. The predicted molar refractivity (Wildman–Crippen MR) is 104 cm³/mol. The van der Waals surface area contributed by atoms with Gasteiger partial charge in [-0.05, 0) is 42.9 Å². The topological polar surface area (TPSA) is 50.3 Å². The molecule has 0 radical (unpaired) electrons. The molecule has 1 aliphatic rings. The summed E-state index contributed by atoms with van der Waals surface area (Å²) in [5.41, 5.74) is 1.85. The second-order valence-electron chi connectivity index (χ2n) is 6.10. The summed E-state index contributed by atoms with van der Waals surface area (Å²) in [7, 11) is 1.61. The molecule has 1 aliphatic heterocycles. The van der Waals surface area contributed by atoms with Gasteiger partial charge in [-0.25, -0.2) is 0 Å². The van der Waals surface area contributed by atoms with E-state index < -0.39 is 0 Å². The van der Waals surface area contributed by atoms with E-state index >= 15 is 0 Å². The molecule has 3 aromatic rings. The maximum atomic E-state index is 13.3. The highest BCUT2D eigenvalue weighted by Gasteiger charge is 2.23. The Balaban J connectivity index is 1.95. The molecule has 5 nitrogen and oxygen atoms in total. The number of methoxy groups -OCH3 is 1. The summed E-state index contributed by atoms with van der Waals surface area (Å²) < 4.78 is 7.26. The lowest BCUT2D eigenvalue weighted by Gasteiger charge is -2.24. The number of hydrogen-bond donors (Lipinski definition) is 1. The number of rotatable bonds is 3. The zero-order valence-corrected chi connectivity index (χ0v) is 15.8. The lowest BCUT2D eigenvalue weighted by Crippen LogP contribution is -2.30. The van der Waals surface area contributed by atoms with Crippen molar-refractivity contribution in [3.63, 3.8) is 0 Å². The van der Waals surface area contributed by atoms with Crippen LogP contribution in [0.4, 0.5) is 0 Å². The van der Waals surface area contributed by atoms with Gasteiger partial charge in [0.2, 0.25) is 0 Å². The van der Waals surface area contributed by atoms with Crippen LogP contribution in [-0.4, -0.2) is 34.7 Å². The van der Waals surface area contributed by atoms with E-state index in [1.54, 1.807) is 23.0 Å². The van der Waals surface area contributed by atoms with Gasteiger partial charge in [0.05, 0.1) is 18.2 Å². The van der Waals surface area contributed by atoms with Gasteiger partial charge in [0.15, 0.2) is 4.77 Å². The predicted octanol–water partition coefficient (Wildman–Crippen LogP) is 3.50. The molecular formula is C18H19N3O2S2. The van der Waals surface area contributed by atoms with E-state index in [0.717, 1.165) is 42.0 Å². The highest BCUT2D eigenvalue weighted by atomic mass is 32.1. The first-order chi connectivity index (χ1) is 12.1. The Morgan fingerprint density at radius 1 is 1.40 bits per heavy atom. The third kappa shape index (κ3) is 2.72. The van der Waals surface area contributed by atoms with Crippen LogP contribution in [-0.2, 0) is 13.0 Å². The highest BCUT2D eigenvalue weighted by Crippen LogP contribution is 2.32. The lowest BCUT2D eigenvalue weighted by molar-refractivity contribution is 0.272. The second-order valence-corrected chi connectivity index (χ2v) is 7.59. The van der Waals surface area contributed by atoms with E-state index in [4.69, 9.17) is 17.0 Å². The van der Waals surface area contributed by atoms with Crippen LogP contribution in [0, 0.1) is 4.77 Å². The molecule has 0 atom stereocenters. The monoisotopic (exact) mass is 373 g/mol. The van der Waals surface area contributed by atoms with Crippen molar-refractivity contribution in [2.24, 2.45) is 0 Å². The van der Waals surface area contributed by atoms with Crippen molar-refractivity contribution in [2.75, 3.05) is 20.2 Å². The Morgan fingerprint density at radius 3 is 3.00 bits per heavy atom. The van der Waals surface area contributed by atoms with Crippen molar-refractivity contribution in [1.82, 2.24) is 14.5 Å². The minimum absolute atomic E-state index is 0.0468. The minimum Gasteiger partial charge on any atom is -0.497 e. The summed E-state index contributed by atoms with van der Waals surface area (Å²) >= 11 is 7.13. The molecule has 7 heteroatoms. The van der Waals surface area contributed by atoms with E-state index in [0.29, 0.717) is 10.5 Å². The van der Waals surface area contributed by atoms with Crippen molar-refractivity contribution in [3.8, 4) is 11.4 Å². The van der Waals surface area contributed by atoms with E-state index in [1.165, 1.54) is 10.4 Å². The summed E-state index contributed by atoms with van der Waals surface area (Å²) in [5, 5.41) is 0.784. The number of hydrogen-bond acceptors (Lipinski definition) is 5. The van der Waals surface area contributed by atoms with Gasteiger partial charge in [-0.2, -0.15) is 0 Å². The zero-order valence-electron chi connectivity index (χ0n) is 14.2. The SMILES string of the molecule is CCN1CCc2c(sc3[nH]c(=S)n(-c4cccc(OC)c4)c(=O)c23)C1. The van der Waals surface area contributed by atoms with Crippen LogP contribution in [0.3, 0.4) is 0 Å². The molecule has 0 saturated carbocycles. The van der Waals surface area contributed by atoms with Gasteiger partial charge < -0.3 is 9.72 Å². The second kappa shape index (κ2) is 6.40. The van der Waals surface area contributed by atoms with Crippen LogP contribution in [0.2, 0.25) is 0 Å². The van der Waals surface area contributed by atoms with Gasteiger partial charge >= 0.3 is 0 Å². The Labute approximate surface area is 154 Å². The quantitative estimate of drug-likeness (QED) is 0.714. The number of fused-ring (bicyclic) bond motifs is 3. The van der Waals surface area contributed by atoms with Crippen LogP contribution >= 0.6 is 23.6 Å². The van der Waals surface area contributed by atoms with Gasteiger partial charge in [-0.3, -0.25) is 14.3 Å². The summed E-state index contributed by atoms with van der Waals surface area (Å²) in [4.78, 5) is 21.1. The standard InChI is InChI=1S/C18H19N3O2S2/c1-3-20-8-7-13-14(10-20)25-16-15(13)17(22)21(18(24)19-16)11-5-4-6-12(9-11)23-2/h4-6,9H,3,7-8,10H2,1-2H3,(H,19,24). The molecule has 1 aromatic carbocycles. The van der Waals surface area contributed by atoms with Crippen LogP contribution in [0.5, 0.6) is 5.75 Å². The van der Waals surface area contributed by atoms with Crippen molar-refractivity contribution in [1.29, 1.82) is 0 Å². The molecule has 0 saturated heterocycles. The fraction of sp³-hybridized carbons (Fsp3) is 0.333.